The summed E-state index contributed by atoms with van der Waals surface area (Å²) >= 11 is 0. The second-order valence-electron chi connectivity index (χ2n) is 5.93. The number of rotatable bonds is 6. The van der Waals surface area contributed by atoms with Gasteiger partial charge in [0.15, 0.2) is 6.61 Å². The van der Waals surface area contributed by atoms with Crippen LogP contribution in [-0.4, -0.2) is 27.6 Å². The van der Waals surface area contributed by atoms with E-state index >= 15 is 0 Å². The van der Waals surface area contributed by atoms with Gasteiger partial charge < -0.3 is 14.8 Å². The molecule has 2 aromatic carbocycles. The van der Waals surface area contributed by atoms with Gasteiger partial charge in [0.1, 0.15) is 17.4 Å². The summed E-state index contributed by atoms with van der Waals surface area (Å²) in [5.74, 6) is -0.824. The molecule has 0 aliphatic carbocycles. The summed E-state index contributed by atoms with van der Waals surface area (Å²) < 4.78 is 5.15. The van der Waals surface area contributed by atoms with E-state index in [-0.39, 0.29) is 11.3 Å². The molecule has 144 valence electrons. The molecule has 3 rings (SSSR count). The van der Waals surface area contributed by atoms with Crippen molar-refractivity contribution in [3.63, 3.8) is 0 Å². The lowest BCUT2D eigenvalue weighted by atomic mass is 9.99. The predicted octanol–water partition coefficient (Wildman–Crippen LogP) is 2.95. The Kier molecular flexibility index (Phi) is 5.37. The maximum absolute atomic E-state index is 12.4. The number of pyridine rings is 1. The summed E-state index contributed by atoms with van der Waals surface area (Å²) in [5, 5.41) is 28.9. The SMILES string of the molecule is N#Cc1c(-c2ccc([N+](=O)[O-])cc2)cc(-c2cccc(OCC(=O)O)c2)[nH]c1=O. The first-order valence-corrected chi connectivity index (χ1v) is 8.26. The number of nitrogens with one attached hydrogen (secondary N) is 1. The number of hydrogen-bond acceptors (Lipinski definition) is 6. The molecule has 1 heterocycles. The Balaban J connectivity index is 2.08. The van der Waals surface area contributed by atoms with Gasteiger partial charge in [0.2, 0.25) is 0 Å². The van der Waals surface area contributed by atoms with Crippen molar-refractivity contribution in [2.75, 3.05) is 6.61 Å². The molecule has 9 nitrogen and oxygen atoms in total. The first-order chi connectivity index (χ1) is 13.9. The van der Waals surface area contributed by atoms with Crippen LogP contribution < -0.4 is 10.3 Å². The van der Waals surface area contributed by atoms with Crippen molar-refractivity contribution < 1.29 is 19.6 Å². The van der Waals surface area contributed by atoms with Gasteiger partial charge in [0, 0.05) is 29.0 Å². The molecule has 0 saturated heterocycles. The molecular formula is C20H13N3O6. The number of nitriles is 1. The Labute approximate surface area is 163 Å². The fourth-order valence-corrected chi connectivity index (χ4v) is 2.72. The number of nitro groups is 1. The number of H-pyrrole nitrogens is 1. The molecule has 0 atom stereocenters. The van der Waals surface area contributed by atoms with Crippen molar-refractivity contribution in [1.29, 1.82) is 5.26 Å². The highest BCUT2D eigenvalue weighted by molar-refractivity contribution is 5.76. The maximum atomic E-state index is 12.4. The third-order valence-corrected chi connectivity index (χ3v) is 4.04. The summed E-state index contributed by atoms with van der Waals surface area (Å²) in [6.07, 6.45) is 0. The number of benzene rings is 2. The van der Waals surface area contributed by atoms with Gasteiger partial charge in [-0.3, -0.25) is 14.9 Å². The summed E-state index contributed by atoms with van der Waals surface area (Å²) in [7, 11) is 0. The van der Waals surface area contributed by atoms with E-state index in [4.69, 9.17) is 9.84 Å². The van der Waals surface area contributed by atoms with Gasteiger partial charge in [-0.05, 0) is 35.9 Å². The van der Waals surface area contributed by atoms with E-state index < -0.39 is 23.1 Å². The number of nitro benzene ring substituents is 1. The second-order valence-corrected chi connectivity index (χ2v) is 5.93. The lowest BCUT2D eigenvalue weighted by Crippen LogP contribution is -2.13. The summed E-state index contributed by atoms with van der Waals surface area (Å²) in [5.41, 5.74) is 0.855. The fraction of sp³-hybridized carbons (Fsp3) is 0.0500. The van der Waals surface area contributed by atoms with Crippen LogP contribution in [0.5, 0.6) is 5.75 Å². The minimum atomic E-state index is -1.12. The van der Waals surface area contributed by atoms with E-state index in [1.807, 2.05) is 6.07 Å². The zero-order chi connectivity index (χ0) is 21.0. The highest BCUT2D eigenvalue weighted by atomic mass is 16.6. The van der Waals surface area contributed by atoms with Crippen LogP contribution in [0.1, 0.15) is 5.56 Å². The first kappa shape index (κ1) is 19.3. The molecular weight excluding hydrogens is 378 g/mol. The predicted molar refractivity (Wildman–Crippen MR) is 102 cm³/mol. The van der Waals surface area contributed by atoms with Crippen LogP contribution in [0.3, 0.4) is 0 Å². The number of aromatic nitrogens is 1. The molecule has 0 radical (unpaired) electrons. The Bertz CT molecular complexity index is 1190. The van der Waals surface area contributed by atoms with E-state index in [9.17, 15) is 25.0 Å². The van der Waals surface area contributed by atoms with Crippen LogP contribution in [0.25, 0.3) is 22.4 Å². The van der Waals surface area contributed by atoms with E-state index in [0.717, 1.165) is 0 Å². The van der Waals surface area contributed by atoms with Gasteiger partial charge in [-0.2, -0.15) is 5.26 Å². The van der Waals surface area contributed by atoms with E-state index in [2.05, 4.69) is 4.98 Å². The van der Waals surface area contributed by atoms with Gasteiger partial charge in [-0.15, -0.1) is 0 Å². The smallest absolute Gasteiger partial charge is 0.341 e. The topological polar surface area (TPSA) is 146 Å². The number of aliphatic carboxylic acids is 1. The molecule has 2 N–H and O–H groups in total. The van der Waals surface area contributed by atoms with Gasteiger partial charge in [-0.25, -0.2) is 4.79 Å². The minimum Gasteiger partial charge on any atom is -0.482 e. The average molecular weight is 391 g/mol. The highest BCUT2D eigenvalue weighted by Gasteiger charge is 2.14. The number of hydrogen-bond donors (Lipinski definition) is 2. The number of carboxylic acid groups (broad SMARTS) is 1. The lowest BCUT2D eigenvalue weighted by molar-refractivity contribution is -0.384. The number of ether oxygens (including phenoxy) is 1. The van der Waals surface area contributed by atoms with E-state index in [0.29, 0.717) is 28.1 Å². The van der Waals surface area contributed by atoms with E-state index in [1.165, 1.54) is 24.3 Å². The maximum Gasteiger partial charge on any atom is 0.341 e. The lowest BCUT2D eigenvalue weighted by Gasteiger charge is -2.10. The van der Waals surface area contributed by atoms with Crippen LogP contribution in [0, 0.1) is 21.4 Å². The number of aromatic amines is 1. The third kappa shape index (κ3) is 4.28. The molecule has 9 heteroatoms. The fourth-order valence-electron chi connectivity index (χ4n) is 2.72. The number of carbonyl (C=O) groups is 1. The Morgan fingerprint density at radius 3 is 2.52 bits per heavy atom. The monoisotopic (exact) mass is 391 g/mol. The number of nitrogens with zero attached hydrogens (tertiary/aromatic N) is 2. The van der Waals surface area contributed by atoms with Crippen molar-refractivity contribution in [2.45, 2.75) is 0 Å². The van der Waals surface area contributed by atoms with E-state index in [1.54, 1.807) is 30.3 Å². The summed E-state index contributed by atoms with van der Waals surface area (Å²) in [6.45, 7) is -0.513. The molecule has 0 aliphatic heterocycles. The Morgan fingerprint density at radius 2 is 1.90 bits per heavy atom. The first-order valence-electron chi connectivity index (χ1n) is 8.26. The van der Waals surface area contributed by atoms with Crippen LogP contribution in [0.2, 0.25) is 0 Å². The molecule has 29 heavy (non-hydrogen) atoms. The van der Waals surface area contributed by atoms with Gasteiger partial charge in [0.25, 0.3) is 11.2 Å². The van der Waals surface area contributed by atoms with Crippen molar-refractivity contribution in [1.82, 2.24) is 4.98 Å². The van der Waals surface area contributed by atoms with Crippen molar-refractivity contribution in [3.05, 3.63) is 80.6 Å². The standard InChI is InChI=1S/C20H13N3O6/c21-10-17-16(12-4-6-14(7-5-12)23(27)28)9-18(22-20(17)26)13-2-1-3-15(8-13)29-11-19(24)25/h1-9H,11H2,(H,22,26)(H,24,25). The van der Waals surface area contributed by atoms with Crippen molar-refractivity contribution in [2.24, 2.45) is 0 Å². The Morgan fingerprint density at radius 1 is 1.17 bits per heavy atom. The van der Waals surface area contributed by atoms with Crippen LogP contribution in [-0.2, 0) is 4.79 Å². The Hall–Kier alpha value is -4.45. The molecule has 0 unspecified atom stereocenters. The van der Waals surface area contributed by atoms with Gasteiger partial charge >= 0.3 is 5.97 Å². The minimum absolute atomic E-state index is 0.111. The quantitative estimate of drug-likeness (QED) is 0.485. The average Bonchev–Trinajstić information content (AvgIpc) is 2.72. The van der Waals surface area contributed by atoms with Crippen LogP contribution in [0.15, 0.2) is 59.4 Å². The molecule has 0 aliphatic rings. The summed E-state index contributed by atoms with van der Waals surface area (Å²) in [6, 6.07) is 15.4. The highest BCUT2D eigenvalue weighted by Crippen LogP contribution is 2.29. The third-order valence-electron chi connectivity index (χ3n) is 4.04. The number of non-ortho nitro benzene ring substituents is 1. The van der Waals surface area contributed by atoms with Crippen LogP contribution in [0.4, 0.5) is 5.69 Å². The molecule has 0 saturated carbocycles. The van der Waals surface area contributed by atoms with Crippen molar-refractivity contribution >= 4 is 11.7 Å². The molecule has 0 bridgehead atoms. The number of carboxylic acids is 1. The molecule has 0 fully saturated rings. The largest absolute Gasteiger partial charge is 0.482 e. The zero-order valence-corrected chi connectivity index (χ0v) is 14.8. The molecule has 3 aromatic rings. The zero-order valence-electron chi connectivity index (χ0n) is 14.8. The summed E-state index contributed by atoms with van der Waals surface area (Å²) in [4.78, 5) is 36.0. The second kappa shape index (κ2) is 8.06. The van der Waals surface area contributed by atoms with Gasteiger partial charge in [0.05, 0.1) is 4.92 Å². The van der Waals surface area contributed by atoms with Crippen LogP contribution >= 0.6 is 0 Å². The molecule has 1 aromatic heterocycles. The molecule has 0 amide bonds. The van der Waals surface area contributed by atoms with Gasteiger partial charge in [-0.1, -0.05) is 12.1 Å². The normalized spacial score (nSPS) is 10.2. The van der Waals surface area contributed by atoms with Crippen molar-refractivity contribution in [3.8, 4) is 34.2 Å². The molecule has 0 spiro atoms.